The normalized spacial score (nSPS) is 11.4. The first-order chi connectivity index (χ1) is 13.0. The molecule has 0 saturated carbocycles. The zero-order valence-electron chi connectivity index (χ0n) is 14.8. The highest BCUT2D eigenvalue weighted by atomic mass is 16.5. The van der Waals surface area contributed by atoms with E-state index in [9.17, 15) is 14.7 Å². The summed E-state index contributed by atoms with van der Waals surface area (Å²) in [6, 6.07) is 12.6. The van der Waals surface area contributed by atoms with Gasteiger partial charge in [0.25, 0.3) is 0 Å². The molecule has 0 atom stereocenters. The summed E-state index contributed by atoms with van der Waals surface area (Å²) in [4.78, 5) is 27.1. The fraction of sp³-hybridized carbons (Fsp3) is 0.0909. The van der Waals surface area contributed by atoms with Gasteiger partial charge in [0.05, 0.1) is 13.5 Å². The fourth-order valence-electron chi connectivity index (χ4n) is 2.65. The van der Waals surface area contributed by atoms with E-state index in [-0.39, 0.29) is 23.7 Å². The second kappa shape index (κ2) is 8.19. The zero-order valence-corrected chi connectivity index (χ0v) is 14.8. The van der Waals surface area contributed by atoms with Crippen LogP contribution in [0.4, 0.5) is 0 Å². The SMILES string of the molecule is COc1ccc(C=CC(=O)CC(=O)C=Cc2ccc3cc[nH]c3c2)cc1O. The number of allylic oxidation sites excluding steroid dienone is 2. The summed E-state index contributed by atoms with van der Waals surface area (Å²) in [7, 11) is 1.46. The quantitative estimate of drug-likeness (QED) is 0.490. The average molecular weight is 361 g/mol. The van der Waals surface area contributed by atoms with Crippen LogP contribution in [0.2, 0.25) is 0 Å². The van der Waals surface area contributed by atoms with Crippen LogP contribution in [0.15, 0.2) is 60.8 Å². The summed E-state index contributed by atoms with van der Waals surface area (Å²) in [5.41, 5.74) is 2.52. The van der Waals surface area contributed by atoms with E-state index in [0.717, 1.165) is 16.5 Å². The first-order valence-electron chi connectivity index (χ1n) is 8.41. The van der Waals surface area contributed by atoms with Crippen molar-refractivity contribution >= 4 is 34.6 Å². The smallest absolute Gasteiger partial charge is 0.163 e. The van der Waals surface area contributed by atoms with E-state index >= 15 is 0 Å². The van der Waals surface area contributed by atoms with E-state index in [2.05, 4.69) is 4.98 Å². The number of phenols is 1. The van der Waals surface area contributed by atoms with Crippen molar-refractivity contribution in [1.82, 2.24) is 4.98 Å². The molecule has 0 spiro atoms. The van der Waals surface area contributed by atoms with Crippen LogP contribution in [-0.2, 0) is 9.59 Å². The van der Waals surface area contributed by atoms with Crippen molar-refractivity contribution in [2.75, 3.05) is 7.11 Å². The molecule has 0 fully saturated rings. The number of aromatic nitrogens is 1. The van der Waals surface area contributed by atoms with Gasteiger partial charge in [-0.1, -0.05) is 30.4 Å². The van der Waals surface area contributed by atoms with Crippen molar-refractivity contribution in [1.29, 1.82) is 0 Å². The number of nitrogens with one attached hydrogen (secondary N) is 1. The van der Waals surface area contributed by atoms with Crippen LogP contribution in [0, 0.1) is 0 Å². The Morgan fingerprint density at radius 1 is 1.00 bits per heavy atom. The fourth-order valence-corrected chi connectivity index (χ4v) is 2.65. The van der Waals surface area contributed by atoms with E-state index in [0.29, 0.717) is 11.3 Å². The lowest BCUT2D eigenvalue weighted by atomic mass is 10.1. The van der Waals surface area contributed by atoms with E-state index in [1.807, 2.05) is 30.5 Å². The Hall–Kier alpha value is -3.60. The first-order valence-corrected chi connectivity index (χ1v) is 8.41. The lowest BCUT2D eigenvalue weighted by molar-refractivity contribution is -0.121. The molecule has 2 N–H and O–H groups in total. The monoisotopic (exact) mass is 361 g/mol. The number of ketones is 2. The Labute approximate surface area is 156 Å². The van der Waals surface area contributed by atoms with Gasteiger partial charge in [0, 0.05) is 11.7 Å². The van der Waals surface area contributed by atoms with Gasteiger partial charge in [0.15, 0.2) is 23.1 Å². The maximum Gasteiger partial charge on any atom is 0.163 e. The van der Waals surface area contributed by atoms with Gasteiger partial charge in [0.1, 0.15) is 0 Å². The van der Waals surface area contributed by atoms with Crippen molar-refractivity contribution in [2.45, 2.75) is 6.42 Å². The second-order valence-electron chi connectivity index (χ2n) is 6.03. The molecule has 0 bridgehead atoms. The highest BCUT2D eigenvalue weighted by molar-refractivity contribution is 6.11. The zero-order chi connectivity index (χ0) is 19.2. The average Bonchev–Trinajstić information content (AvgIpc) is 3.12. The number of hydrogen-bond acceptors (Lipinski definition) is 4. The molecule has 0 radical (unpaired) electrons. The van der Waals surface area contributed by atoms with E-state index < -0.39 is 0 Å². The number of carbonyl (C=O) groups excluding carboxylic acids is 2. The number of ether oxygens (including phenoxy) is 1. The van der Waals surface area contributed by atoms with Crippen LogP contribution in [0.5, 0.6) is 11.5 Å². The highest BCUT2D eigenvalue weighted by Crippen LogP contribution is 2.26. The Balaban J connectivity index is 1.58. The number of methoxy groups -OCH3 is 1. The number of aromatic hydroxyl groups is 1. The van der Waals surface area contributed by atoms with Crippen molar-refractivity contribution in [3.63, 3.8) is 0 Å². The Kier molecular flexibility index (Phi) is 5.52. The van der Waals surface area contributed by atoms with Gasteiger partial charge >= 0.3 is 0 Å². The number of phenolic OH excluding ortho intramolecular Hbond substituents is 1. The second-order valence-corrected chi connectivity index (χ2v) is 6.03. The van der Waals surface area contributed by atoms with Gasteiger partial charge < -0.3 is 14.8 Å². The minimum absolute atomic E-state index is 0.00913. The largest absolute Gasteiger partial charge is 0.504 e. The molecule has 136 valence electrons. The Morgan fingerprint density at radius 2 is 1.67 bits per heavy atom. The molecule has 5 heteroatoms. The third kappa shape index (κ3) is 4.73. The molecule has 1 heterocycles. The molecule has 0 aliphatic carbocycles. The first kappa shape index (κ1) is 18.2. The lowest BCUT2D eigenvalue weighted by Gasteiger charge is -2.03. The minimum atomic E-state index is -0.306. The third-order valence-electron chi connectivity index (χ3n) is 4.05. The number of rotatable bonds is 7. The molecule has 2 aromatic carbocycles. The van der Waals surface area contributed by atoms with Crippen molar-refractivity contribution in [2.24, 2.45) is 0 Å². The summed E-state index contributed by atoms with van der Waals surface area (Å²) in [6.45, 7) is 0. The Morgan fingerprint density at radius 3 is 2.33 bits per heavy atom. The lowest BCUT2D eigenvalue weighted by Crippen LogP contribution is -2.01. The minimum Gasteiger partial charge on any atom is -0.504 e. The highest BCUT2D eigenvalue weighted by Gasteiger charge is 2.05. The molecule has 3 rings (SSSR count). The molecule has 0 amide bonds. The third-order valence-corrected chi connectivity index (χ3v) is 4.05. The molecular weight excluding hydrogens is 342 g/mol. The van der Waals surface area contributed by atoms with Crippen LogP contribution in [0.1, 0.15) is 17.5 Å². The van der Waals surface area contributed by atoms with Gasteiger partial charge in [-0.05, 0) is 52.9 Å². The molecule has 0 saturated heterocycles. The van der Waals surface area contributed by atoms with Crippen LogP contribution in [-0.4, -0.2) is 28.8 Å². The molecule has 27 heavy (non-hydrogen) atoms. The van der Waals surface area contributed by atoms with Gasteiger partial charge in [-0.15, -0.1) is 0 Å². The number of H-pyrrole nitrogens is 1. The number of hydrogen-bond donors (Lipinski definition) is 2. The van der Waals surface area contributed by atoms with Crippen LogP contribution in [0.3, 0.4) is 0 Å². The predicted octanol–water partition coefficient (Wildman–Crippen LogP) is 4.14. The maximum absolute atomic E-state index is 12.0. The molecule has 3 aromatic rings. The van der Waals surface area contributed by atoms with Gasteiger partial charge in [-0.2, -0.15) is 0 Å². The molecular formula is C22H19NO4. The van der Waals surface area contributed by atoms with Gasteiger partial charge in [-0.3, -0.25) is 9.59 Å². The molecule has 0 aliphatic rings. The molecule has 5 nitrogen and oxygen atoms in total. The summed E-state index contributed by atoms with van der Waals surface area (Å²) in [5.74, 6) is -0.227. The topological polar surface area (TPSA) is 79.4 Å². The summed E-state index contributed by atoms with van der Waals surface area (Å²) < 4.78 is 4.97. The van der Waals surface area contributed by atoms with Crippen molar-refractivity contribution < 1.29 is 19.4 Å². The van der Waals surface area contributed by atoms with E-state index in [1.165, 1.54) is 25.3 Å². The molecule has 1 aromatic heterocycles. The number of fused-ring (bicyclic) bond motifs is 1. The van der Waals surface area contributed by atoms with Crippen LogP contribution >= 0.6 is 0 Å². The number of benzene rings is 2. The molecule has 0 aliphatic heterocycles. The molecule has 0 unspecified atom stereocenters. The summed E-state index contributed by atoms with van der Waals surface area (Å²) >= 11 is 0. The van der Waals surface area contributed by atoms with Crippen molar-refractivity contribution in [3.05, 3.63) is 71.9 Å². The van der Waals surface area contributed by atoms with Gasteiger partial charge in [0.2, 0.25) is 0 Å². The predicted molar refractivity (Wildman–Crippen MR) is 106 cm³/mol. The van der Waals surface area contributed by atoms with E-state index in [1.54, 1.807) is 24.3 Å². The number of aromatic amines is 1. The van der Waals surface area contributed by atoms with Crippen molar-refractivity contribution in [3.8, 4) is 11.5 Å². The maximum atomic E-state index is 12.0. The van der Waals surface area contributed by atoms with E-state index in [4.69, 9.17) is 4.74 Å². The standard InChI is InChI=1S/C22H19NO4/c1-27-22-9-5-16(13-21(22)26)4-8-19(25)14-18(24)7-3-15-2-6-17-10-11-23-20(17)12-15/h2-13,23,26H,14H2,1H3. The summed E-state index contributed by atoms with van der Waals surface area (Å²) in [6.07, 6.45) is 7.64. The Bertz CT molecular complexity index is 1040. The van der Waals surface area contributed by atoms with Crippen LogP contribution in [0.25, 0.3) is 23.1 Å². The summed E-state index contributed by atoms with van der Waals surface area (Å²) in [5, 5.41) is 10.8. The number of carbonyl (C=O) groups is 2. The van der Waals surface area contributed by atoms with Gasteiger partial charge in [-0.25, -0.2) is 0 Å². The van der Waals surface area contributed by atoms with Crippen LogP contribution < -0.4 is 4.74 Å².